The molecule has 0 saturated heterocycles. The maximum Gasteiger partial charge on any atom is 0.167 e. The van der Waals surface area contributed by atoms with Crippen molar-refractivity contribution in [2.45, 2.75) is 6.42 Å². The molecule has 1 aromatic carbocycles. The third kappa shape index (κ3) is 2.49. The smallest absolute Gasteiger partial charge is 0.167 e. The minimum absolute atomic E-state index is 0.140. The molecule has 2 nitrogen and oxygen atoms in total. The second-order valence-corrected chi connectivity index (χ2v) is 4.24. The molecule has 0 aliphatic heterocycles. The zero-order valence-electron chi connectivity index (χ0n) is 8.97. The average molecular weight is 232 g/mol. The Balaban J connectivity index is 2.09. The lowest BCUT2D eigenvalue weighted by Gasteiger charge is -2.02. The van der Waals surface area contributed by atoms with Gasteiger partial charge in [0.15, 0.2) is 5.78 Å². The lowest BCUT2D eigenvalue weighted by atomic mass is 10.1. The van der Waals surface area contributed by atoms with Gasteiger partial charge in [-0.15, -0.1) is 0 Å². The molecule has 2 aromatic rings. The number of Topliss-reactive ketones (excluding diaryl/α,β-unsaturated/α-hetero) is 1. The van der Waals surface area contributed by atoms with Crippen LogP contribution in [0.5, 0.6) is 5.75 Å². The van der Waals surface area contributed by atoms with Gasteiger partial charge in [0.05, 0.1) is 7.11 Å². The van der Waals surface area contributed by atoms with Crippen molar-refractivity contribution in [1.29, 1.82) is 0 Å². The molecule has 1 aromatic heterocycles. The molecule has 0 aliphatic rings. The van der Waals surface area contributed by atoms with Crippen LogP contribution in [-0.4, -0.2) is 12.9 Å². The zero-order valence-corrected chi connectivity index (χ0v) is 9.79. The molecule has 0 spiro atoms. The van der Waals surface area contributed by atoms with Crippen molar-refractivity contribution in [3.05, 3.63) is 52.2 Å². The summed E-state index contributed by atoms with van der Waals surface area (Å²) < 4.78 is 5.05. The van der Waals surface area contributed by atoms with Crippen molar-refractivity contribution in [1.82, 2.24) is 0 Å². The first kappa shape index (κ1) is 10.9. The molecule has 0 aliphatic carbocycles. The highest BCUT2D eigenvalue weighted by molar-refractivity contribution is 7.08. The first-order valence-electron chi connectivity index (χ1n) is 4.98. The van der Waals surface area contributed by atoms with E-state index in [1.807, 2.05) is 16.8 Å². The minimum atomic E-state index is 0.140. The maximum absolute atomic E-state index is 11.9. The molecule has 82 valence electrons. The number of hydrogen-bond donors (Lipinski definition) is 0. The summed E-state index contributed by atoms with van der Waals surface area (Å²) in [6, 6.07) is 9.19. The Morgan fingerprint density at radius 3 is 2.56 bits per heavy atom. The summed E-state index contributed by atoms with van der Waals surface area (Å²) in [5, 5.41) is 3.98. The molecule has 3 heteroatoms. The number of ether oxygens (including phenoxy) is 1. The average Bonchev–Trinajstić information content (AvgIpc) is 2.82. The molecule has 0 bridgehead atoms. The Bertz CT molecular complexity index is 457. The molecule has 0 saturated carbocycles. The fourth-order valence-electron chi connectivity index (χ4n) is 1.46. The van der Waals surface area contributed by atoms with Gasteiger partial charge in [-0.05, 0) is 46.7 Å². The molecule has 0 radical (unpaired) electrons. The summed E-state index contributed by atoms with van der Waals surface area (Å²) >= 11 is 1.61. The summed E-state index contributed by atoms with van der Waals surface area (Å²) in [5.74, 6) is 0.910. The van der Waals surface area contributed by atoms with Crippen LogP contribution in [-0.2, 0) is 6.42 Å². The first-order chi connectivity index (χ1) is 7.79. The van der Waals surface area contributed by atoms with Crippen molar-refractivity contribution in [3.63, 3.8) is 0 Å². The van der Waals surface area contributed by atoms with Gasteiger partial charge in [-0.25, -0.2) is 0 Å². The van der Waals surface area contributed by atoms with Gasteiger partial charge in [0.1, 0.15) is 5.75 Å². The standard InChI is InChI=1S/C13H12O2S/c1-15-12-4-2-11(3-5-12)13(14)8-10-6-7-16-9-10/h2-7,9H,8H2,1H3. The number of methoxy groups -OCH3 is 1. The topological polar surface area (TPSA) is 26.3 Å². The van der Waals surface area contributed by atoms with Crippen LogP contribution in [0.2, 0.25) is 0 Å². The monoisotopic (exact) mass is 232 g/mol. The van der Waals surface area contributed by atoms with Crippen molar-refractivity contribution < 1.29 is 9.53 Å². The highest BCUT2D eigenvalue weighted by Crippen LogP contribution is 2.14. The lowest BCUT2D eigenvalue weighted by Crippen LogP contribution is -2.02. The van der Waals surface area contributed by atoms with Crippen molar-refractivity contribution in [2.24, 2.45) is 0 Å². The van der Waals surface area contributed by atoms with E-state index < -0.39 is 0 Å². The van der Waals surface area contributed by atoms with Crippen LogP contribution in [0, 0.1) is 0 Å². The Labute approximate surface area is 98.5 Å². The number of carbonyl (C=O) groups is 1. The maximum atomic E-state index is 11.9. The van der Waals surface area contributed by atoms with E-state index in [-0.39, 0.29) is 5.78 Å². The predicted octanol–water partition coefficient (Wildman–Crippen LogP) is 3.18. The molecule has 2 rings (SSSR count). The number of carbonyl (C=O) groups excluding carboxylic acids is 1. The van der Waals surface area contributed by atoms with E-state index in [4.69, 9.17) is 4.74 Å². The molecule has 0 amide bonds. The van der Waals surface area contributed by atoms with Gasteiger partial charge in [0, 0.05) is 12.0 Å². The van der Waals surface area contributed by atoms with E-state index in [2.05, 4.69) is 0 Å². The Morgan fingerprint density at radius 1 is 1.25 bits per heavy atom. The lowest BCUT2D eigenvalue weighted by molar-refractivity contribution is 0.0993. The normalized spacial score (nSPS) is 10.1. The van der Waals surface area contributed by atoms with Crippen molar-refractivity contribution >= 4 is 17.1 Å². The van der Waals surface area contributed by atoms with Gasteiger partial charge in [0.2, 0.25) is 0 Å². The van der Waals surface area contributed by atoms with Crippen LogP contribution >= 0.6 is 11.3 Å². The van der Waals surface area contributed by atoms with Gasteiger partial charge in [-0.3, -0.25) is 4.79 Å². The second-order valence-electron chi connectivity index (χ2n) is 3.46. The highest BCUT2D eigenvalue weighted by atomic mass is 32.1. The van der Waals surface area contributed by atoms with E-state index in [1.54, 1.807) is 42.7 Å². The molecular weight excluding hydrogens is 220 g/mol. The van der Waals surface area contributed by atoms with E-state index >= 15 is 0 Å². The van der Waals surface area contributed by atoms with E-state index in [9.17, 15) is 4.79 Å². The number of rotatable bonds is 4. The van der Waals surface area contributed by atoms with Crippen LogP contribution in [0.3, 0.4) is 0 Å². The second kappa shape index (κ2) is 4.94. The van der Waals surface area contributed by atoms with Crippen molar-refractivity contribution in [2.75, 3.05) is 7.11 Å². The minimum Gasteiger partial charge on any atom is -0.497 e. The van der Waals surface area contributed by atoms with Crippen LogP contribution in [0.25, 0.3) is 0 Å². The summed E-state index contributed by atoms with van der Waals surface area (Å²) in [4.78, 5) is 11.9. The fraction of sp³-hybridized carbons (Fsp3) is 0.154. The third-order valence-corrected chi connectivity index (χ3v) is 3.09. The Kier molecular flexibility index (Phi) is 3.37. The number of hydrogen-bond acceptors (Lipinski definition) is 3. The van der Waals surface area contributed by atoms with Crippen molar-refractivity contribution in [3.8, 4) is 5.75 Å². The predicted molar refractivity (Wildman–Crippen MR) is 65.3 cm³/mol. The third-order valence-electron chi connectivity index (χ3n) is 2.36. The van der Waals surface area contributed by atoms with Crippen LogP contribution < -0.4 is 4.74 Å². The van der Waals surface area contributed by atoms with Gasteiger partial charge in [0.25, 0.3) is 0 Å². The SMILES string of the molecule is COc1ccc(C(=O)Cc2ccsc2)cc1. The molecule has 0 fully saturated rings. The van der Waals surface area contributed by atoms with E-state index in [0.717, 1.165) is 16.9 Å². The van der Waals surface area contributed by atoms with Crippen LogP contribution in [0.1, 0.15) is 15.9 Å². The summed E-state index contributed by atoms with van der Waals surface area (Å²) in [6.07, 6.45) is 0.468. The van der Waals surface area contributed by atoms with Gasteiger partial charge in [-0.2, -0.15) is 11.3 Å². The summed E-state index contributed by atoms with van der Waals surface area (Å²) in [6.45, 7) is 0. The summed E-state index contributed by atoms with van der Waals surface area (Å²) in [5.41, 5.74) is 1.80. The quantitative estimate of drug-likeness (QED) is 0.757. The van der Waals surface area contributed by atoms with Gasteiger partial charge >= 0.3 is 0 Å². The van der Waals surface area contributed by atoms with Crippen LogP contribution in [0.4, 0.5) is 0 Å². The fourth-order valence-corrected chi connectivity index (χ4v) is 2.13. The molecule has 0 N–H and O–H groups in total. The van der Waals surface area contributed by atoms with Crippen LogP contribution in [0.15, 0.2) is 41.1 Å². The van der Waals surface area contributed by atoms with E-state index in [1.165, 1.54) is 0 Å². The number of thiophene rings is 1. The largest absolute Gasteiger partial charge is 0.497 e. The first-order valence-corrected chi connectivity index (χ1v) is 5.92. The Hall–Kier alpha value is -1.61. The Morgan fingerprint density at radius 2 is 2.00 bits per heavy atom. The zero-order chi connectivity index (χ0) is 11.4. The van der Waals surface area contributed by atoms with E-state index in [0.29, 0.717) is 6.42 Å². The highest BCUT2D eigenvalue weighted by Gasteiger charge is 2.07. The molecule has 0 atom stereocenters. The number of ketones is 1. The molecular formula is C13H12O2S. The molecule has 16 heavy (non-hydrogen) atoms. The number of benzene rings is 1. The van der Waals surface area contributed by atoms with Gasteiger partial charge in [-0.1, -0.05) is 0 Å². The molecule has 1 heterocycles. The molecule has 0 unspecified atom stereocenters. The van der Waals surface area contributed by atoms with Gasteiger partial charge < -0.3 is 4.74 Å². The summed E-state index contributed by atoms with van der Waals surface area (Å²) in [7, 11) is 1.61.